The number of piperazine rings is 1. The molecule has 0 spiro atoms. The molecule has 32 heavy (non-hydrogen) atoms. The van der Waals surface area contributed by atoms with E-state index in [4.69, 9.17) is 4.74 Å². The number of benzene rings is 2. The predicted molar refractivity (Wildman–Crippen MR) is 133 cm³/mol. The van der Waals surface area contributed by atoms with Gasteiger partial charge in [-0.2, -0.15) is 0 Å². The Balaban J connectivity index is 1.21. The standard InChI is InChI=1S/C25H28N4O2S/c30-25(22-4-1-2-5-23(22)28-15-17-31-18-16-28)26-20-7-9-21(10-8-20)27-11-13-29(14-12-27)24-6-3-19-32-24/h1-10,19H,11-18H2,(H,26,30). The van der Waals surface area contributed by atoms with Crippen LogP contribution in [0.15, 0.2) is 66.0 Å². The molecular weight excluding hydrogens is 420 g/mol. The Labute approximate surface area is 193 Å². The van der Waals surface area contributed by atoms with E-state index in [9.17, 15) is 4.79 Å². The predicted octanol–water partition coefficient (Wildman–Crippen LogP) is 4.16. The molecule has 1 N–H and O–H groups in total. The van der Waals surface area contributed by atoms with Gasteiger partial charge in [0.25, 0.3) is 5.91 Å². The molecule has 2 fully saturated rings. The molecule has 5 rings (SSSR count). The summed E-state index contributed by atoms with van der Waals surface area (Å²) < 4.78 is 5.45. The number of hydrogen-bond acceptors (Lipinski definition) is 6. The maximum Gasteiger partial charge on any atom is 0.257 e. The Morgan fingerprint density at radius 1 is 0.781 bits per heavy atom. The van der Waals surface area contributed by atoms with E-state index in [0.717, 1.165) is 50.6 Å². The number of carbonyl (C=O) groups is 1. The molecule has 0 bridgehead atoms. The number of hydrogen-bond donors (Lipinski definition) is 1. The summed E-state index contributed by atoms with van der Waals surface area (Å²) in [6.45, 7) is 7.04. The van der Waals surface area contributed by atoms with Crippen molar-refractivity contribution in [2.24, 2.45) is 0 Å². The van der Waals surface area contributed by atoms with E-state index in [1.54, 1.807) is 11.3 Å². The van der Waals surface area contributed by atoms with Crippen molar-refractivity contribution < 1.29 is 9.53 Å². The molecule has 0 atom stereocenters. The zero-order chi connectivity index (χ0) is 21.8. The Hall–Kier alpha value is -3.03. The minimum atomic E-state index is -0.0793. The lowest BCUT2D eigenvalue weighted by Crippen LogP contribution is -2.46. The first-order chi connectivity index (χ1) is 15.8. The largest absolute Gasteiger partial charge is 0.378 e. The van der Waals surface area contributed by atoms with Gasteiger partial charge < -0.3 is 24.8 Å². The molecule has 2 aliphatic rings. The van der Waals surface area contributed by atoms with Gasteiger partial charge in [0.1, 0.15) is 0 Å². The van der Waals surface area contributed by atoms with E-state index in [1.807, 2.05) is 36.4 Å². The molecule has 3 heterocycles. The first-order valence-corrected chi connectivity index (χ1v) is 12.0. The maximum atomic E-state index is 13.0. The third-order valence-corrected chi connectivity index (χ3v) is 7.02. The van der Waals surface area contributed by atoms with Crippen LogP contribution in [0.1, 0.15) is 10.4 Å². The van der Waals surface area contributed by atoms with E-state index in [-0.39, 0.29) is 5.91 Å². The van der Waals surface area contributed by atoms with Crippen molar-refractivity contribution in [1.29, 1.82) is 0 Å². The fourth-order valence-corrected chi connectivity index (χ4v) is 5.12. The minimum absolute atomic E-state index is 0.0793. The summed E-state index contributed by atoms with van der Waals surface area (Å²) in [7, 11) is 0. The van der Waals surface area contributed by atoms with Crippen LogP contribution in [0, 0.1) is 0 Å². The van der Waals surface area contributed by atoms with E-state index < -0.39 is 0 Å². The van der Waals surface area contributed by atoms with Crippen molar-refractivity contribution >= 4 is 39.3 Å². The van der Waals surface area contributed by atoms with Crippen LogP contribution < -0.4 is 20.0 Å². The molecule has 1 aromatic heterocycles. The normalized spacial score (nSPS) is 16.8. The molecule has 3 aromatic rings. The second kappa shape index (κ2) is 9.63. The molecule has 6 nitrogen and oxygen atoms in total. The second-order valence-electron chi connectivity index (χ2n) is 8.04. The monoisotopic (exact) mass is 448 g/mol. The summed E-state index contributed by atoms with van der Waals surface area (Å²) in [5.74, 6) is -0.0793. The van der Waals surface area contributed by atoms with Gasteiger partial charge in [0.2, 0.25) is 0 Å². The molecule has 0 saturated carbocycles. The summed E-state index contributed by atoms with van der Waals surface area (Å²) in [4.78, 5) is 20.1. The van der Waals surface area contributed by atoms with Crippen LogP contribution in [-0.2, 0) is 4.74 Å². The quantitative estimate of drug-likeness (QED) is 0.635. The van der Waals surface area contributed by atoms with E-state index >= 15 is 0 Å². The number of rotatable bonds is 5. The fraction of sp³-hybridized carbons (Fsp3) is 0.320. The van der Waals surface area contributed by atoms with Crippen molar-refractivity contribution in [2.45, 2.75) is 0 Å². The lowest BCUT2D eigenvalue weighted by Gasteiger charge is -2.36. The van der Waals surface area contributed by atoms with Crippen LogP contribution in [0.2, 0.25) is 0 Å². The van der Waals surface area contributed by atoms with Crippen molar-refractivity contribution in [1.82, 2.24) is 0 Å². The van der Waals surface area contributed by atoms with Crippen LogP contribution in [0.5, 0.6) is 0 Å². The number of para-hydroxylation sites is 1. The molecule has 2 aliphatic heterocycles. The number of morpholine rings is 1. The molecule has 0 radical (unpaired) electrons. The van der Waals surface area contributed by atoms with Crippen LogP contribution >= 0.6 is 11.3 Å². The van der Waals surface area contributed by atoms with Gasteiger partial charge in [-0.3, -0.25) is 4.79 Å². The van der Waals surface area contributed by atoms with Gasteiger partial charge in [-0.15, -0.1) is 11.3 Å². The zero-order valence-electron chi connectivity index (χ0n) is 18.1. The third-order valence-electron chi connectivity index (χ3n) is 6.09. The van der Waals surface area contributed by atoms with Crippen molar-refractivity contribution in [3.63, 3.8) is 0 Å². The van der Waals surface area contributed by atoms with Gasteiger partial charge in [-0.25, -0.2) is 0 Å². The lowest BCUT2D eigenvalue weighted by molar-refractivity contribution is 0.102. The average molecular weight is 449 g/mol. The molecule has 0 unspecified atom stereocenters. The van der Waals surface area contributed by atoms with Gasteiger partial charge in [-0.1, -0.05) is 12.1 Å². The highest BCUT2D eigenvalue weighted by atomic mass is 32.1. The minimum Gasteiger partial charge on any atom is -0.378 e. The molecule has 166 valence electrons. The maximum absolute atomic E-state index is 13.0. The number of amides is 1. The van der Waals surface area contributed by atoms with Gasteiger partial charge in [0.05, 0.1) is 23.8 Å². The molecule has 0 aliphatic carbocycles. The lowest BCUT2D eigenvalue weighted by atomic mass is 10.1. The number of carbonyl (C=O) groups excluding carboxylic acids is 1. The van der Waals surface area contributed by atoms with E-state index in [2.05, 4.69) is 49.7 Å². The van der Waals surface area contributed by atoms with Gasteiger partial charge in [0.15, 0.2) is 0 Å². The van der Waals surface area contributed by atoms with Crippen LogP contribution in [-0.4, -0.2) is 58.4 Å². The fourth-order valence-electron chi connectivity index (χ4n) is 4.33. The van der Waals surface area contributed by atoms with Crippen LogP contribution in [0.25, 0.3) is 0 Å². The highest BCUT2D eigenvalue weighted by Crippen LogP contribution is 2.26. The van der Waals surface area contributed by atoms with Gasteiger partial charge >= 0.3 is 0 Å². The third kappa shape index (κ3) is 4.59. The average Bonchev–Trinajstić information content (AvgIpc) is 3.40. The first kappa shape index (κ1) is 20.8. The van der Waals surface area contributed by atoms with Crippen LogP contribution in [0.3, 0.4) is 0 Å². The Kier molecular flexibility index (Phi) is 6.27. The highest BCUT2D eigenvalue weighted by molar-refractivity contribution is 7.14. The number of anilines is 4. The van der Waals surface area contributed by atoms with Crippen molar-refractivity contribution in [3.05, 3.63) is 71.6 Å². The molecule has 1 amide bonds. The van der Waals surface area contributed by atoms with E-state index in [1.165, 1.54) is 10.7 Å². The zero-order valence-corrected chi connectivity index (χ0v) is 18.9. The first-order valence-electron chi connectivity index (χ1n) is 11.1. The number of thiophene rings is 1. The molecule has 2 saturated heterocycles. The number of ether oxygens (including phenoxy) is 1. The number of nitrogens with one attached hydrogen (secondary N) is 1. The van der Waals surface area contributed by atoms with Crippen LogP contribution in [0.4, 0.5) is 22.1 Å². The SMILES string of the molecule is O=C(Nc1ccc(N2CCN(c3cccs3)CC2)cc1)c1ccccc1N1CCOCC1. The molecule has 2 aromatic carbocycles. The highest BCUT2D eigenvalue weighted by Gasteiger charge is 2.20. The summed E-state index contributed by atoms with van der Waals surface area (Å²) in [6.07, 6.45) is 0. The molecule has 7 heteroatoms. The Bertz CT molecular complexity index is 1020. The van der Waals surface area contributed by atoms with Gasteiger partial charge in [-0.05, 0) is 53.9 Å². The summed E-state index contributed by atoms with van der Waals surface area (Å²) in [5, 5.41) is 6.55. The van der Waals surface area contributed by atoms with Gasteiger partial charge in [0, 0.05) is 56.3 Å². The van der Waals surface area contributed by atoms with Crippen molar-refractivity contribution in [2.75, 3.05) is 72.5 Å². The summed E-state index contributed by atoms with van der Waals surface area (Å²) in [6, 6.07) is 20.3. The summed E-state index contributed by atoms with van der Waals surface area (Å²) >= 11 is 1.80. The van der Waals surface area contributed by atoms with Crippen molar-refractivity contribution in [3.8, 4) is 0 Å². The Morgan fingerprint density at radius 3 is 2.22 bits per heavy atom. The molecular formula is C25H28N4O2S. The second-order valence-corrected chi connectivity index (χ2v) is 8.97. The topological polar surface area (TPSA) is 48.1 Å². The Morgan fingerprint density at radius 2 is 1.50 bits per heavy atom. The summed E-state index contributed by atoms with van der Waals surface area (Å²) in [5.41, 5.74) is 3.67. The van der Waals surface area contributed by atoms with E-state index in [0.29, 0.717) is 18.8 Å². The smallest absolute Gasteiger partial charge is 0.257 e. The number of nitrogens with zero attached hydrogens (tertiary/aromatic N) is 3.